The number of rotatable bonds is 1. The fourth-order valence-electron chi connectivity index (χ4n) is 1.56. The summed E-state index contributed by atoms with van der Waals surface area (Å²) in [6, 6.07) is 11.1. The van der Waals surface area contributed by atoms with Gasteiger partial charge in [0.2, 0.25) is 0 Å². The second-order valence-corrected chi connectivity index (χ2v) is 5.23. The summed E-state index contributed by atoms with van der Waals surface area (Å²) in [6.45, 7) is 2.02. The largest absolute Gasteiger partial charge is 0.206 e. The second kappa shape index (κ2) is 4.68. The van der Waals surface area contributed by atoms with E-state index in [2.05, 4.69) is 31.9 Å². The van der Waals surface area contributed by atoms with E-state index in [0.717, 1.165) is 21.2 Å². The van der Waals surface area contributed by atoms with Crippen molar-refractivity contribution in [2.75, 3.05) is 0 Å². The van der Waals surface area contributed by atoms with Crippen molar-refractivity contribution in [2.45, 2.75) is 6.92 Å². The Kier molecular flexibility index (Phi) is 3.45. The van der Waals surface area contributed by atoms with E-state index >= 15 is 0 Å². The molecular formula is C13H9Br2F. The van der Waals surface area contributed by atoms with Crippen LogP contribution in [0.1, 0.15) is 5.56 Å². The average molecular weight is 344 g/mol. The van der Waals surface area contributed by atoms with Crippen LogP contribution in [0.25, 0.3) is 11.1 Å². The molecule has 0 saturated heterocycles. The third-order valence-corrected chi connectivity index (χ3v) is 3.86. The third kappa shape index (κ3) is 2.20. The van der Waals surface area contributed by atoms with Crippen molar-refractivity contribution in [1.29, 1.82) is 0 Å². The van der Waals surface area contributed by atoms with Crippen molar-refractivity contribution in [2.24, 2.45) is 0 Å². The Morgan fingerprint density at radius 1 is 1.00 bits per heavy atom. The van der Waals surface area contributed by atoms with Gasteiger partial charge in [-0.1, -0.05) is 45.8 Å². The highest BCUT2D eigenvalue weighted by molar-refractivity contribution is 9.11. The SMILES string of the molecule is Cc1ccc(Br)c(-c2cccc(F)c2Br)c1. The molecular weight excluding hydrogens is 335 g/mol. The van der Waals surface area contributed by atoms with Gasteiger partial charge in [-0.15, -0.1) is 0 Å². The van der Waals surface area contributed by atoms with E-state index in [9.17, 15) is 4.39 Å². The summed E-state index contributed by atoms with van der Waals surface area (Å²) in [5.41, 5.74) is 3.00. The highest BCUT2D eigenvalue weighted by atomic mass is 79.9. The molecule has 0 nitrogen and oxygen atoms in total. The Labute approximate surface area is 111 Å². The van der Waals surface area contributed by atoms with E-state index in [4.69, 9.17) is 0 Å². The molecule has 0 fully saturated rings. The van der Waals surface area contributed by atoms with Crippen molar-refractivity contribution in [3.05, 3.63) is 56.7 Å². The number of aryl methyl sites for hydroxylation is 1. The summed E-state index contributed by atoms with van der Waals surface area (Å²) < 4.78 is 14.9. The Morgan fingerprint density at radius 2 is 1.75 bits per heavy atom. The monoisotopic (exact) mass is 342 g/mol. The van der Waals surface area contributed by atoms with Gasteiger partial charge in [0.25, 0.3) is 0 Å². The van der Waals surface area contributed by atoms with Crippen molar-refractivity contribution >= 4 is 31.9 Å². The average Bonchev–Trinajstić information content (AvgIpc) is 2.26. The fraction of sp³-hybridized carbons (Fsp3) is 0.0769. The predicted octanol–water partition coefficient (Wildman–Crippen LogP) is 5.33. The molecule has 0 radical (unpaired) electrons. The van der Waals surface area contributed by atoms with E-state index in [1.807, 2.05) is 31.2 Å². The minimum Gasteiger partial charge on any atom is -0.206 e. The van der Waals surface area contributed by atoms with Gasteiger partial charge in [0.15, 0.2) is 0 Å². The lowest BCUT2D eigenvalue weighted by molar-refractivity contribution is 0.622. The first-order valence-electron chi connectivity index (χ1n) is 4.80. The van der Waals surface area contributed by atoms with E-state index in [1.165, 1.54) is 6.07 Å². The Morgan fingerprint density at radius 3 is 2.50 bits per heavy atom. The maximum absolute atomic E-state index is 13.4. The first kappa shape index (κ1) is 11.8. The highest BCUT2D eigenvalue weighted by Crippen LogP contribution is 2.35. The quantitative estimate of drug-likeness (QED) is 0.656. The van der Waals surface area contributed by atoms with Gasteiger partial charge in [0, 0.05) is 4.47 Å². The molecule has 0 N–H and O–H groups in total. The molecule has 0 amide bonds. The van der Waals surface area contributed by atoms with Crippen LogP contribution in [0.2, 0.25) is 0 Å². The maximum Gasteiger partial charge on any atom is 0.138 e. The number of hydrogen-bond donors (Lipinski definition) is 0. The van der Waals surface area contributed by atoms with E-state index in [-0.39, 0.29) is 5.82 Å². The minimum atomic E-state index is -0.245. The molecule has 2 aromatic carbocycles. The van der Waals surface area contributed by atoms with Crippen LogP contribution in [0, 0.1) is 12.7 Å². The van der Waals surface area contributed by atoms with Crippen LogP contribution in [0.3, 0.4) is 0 Å². The van der Waals surface area contributed by atoms with Gasteiger partial charge >= 0.3 is 0 Å². The van der Waals surface area contributed by atoms with Crippen LogP contribution in [0.4, 0.5) is 4.39 Å². The molecule has 0 bridgehead atoms. The molecule has 16 heavy (non-hydrogen) atoms. The van der Waals surface area contributed by atoms with Crippen LogP contribution in [-0.4, -0.2) is 0 Å². The van der Waals surface area contributed by atoms with Crippen molar-refractivity contribution in [3.8, 4) is 11.1 Å². The van der Waals surface area contributed by atoms with Gasteiger partial charge in [-0.25, -0.2) is 4.39 Å². The molecule has 0 aliphatic carbocycles. The maximum atomic E-state index is 13.4. The molecule has 0 aliphatic heterocycles. The zero-order valence-corrected chi connectivity index (χ0v) is 11.8. The smallest absolute Gasteiger partial charge is 0.138 e. The van der Waals surface area contributed by atoms with Crippen LogP contribution in [-0.2, 0) is 0 Å². The summed E-state index contributed by atoms with van der Waals surface area (Å²) in [5.74, 6) is -0.245. The standard InChI is InChI=1S/C13H9Br2F/c1-8-5-6-11(14)10(7-8)9-3-2-4-12(16)13(9)15/h2-7H,1H3. The predicted molar refractivity (Wildman–Crippen MR) is 72.0 cm³/mol. The van der Waals surface area contributed by atoms with Crippen LogP contribution in [0.5, 0.6) is 0 Å². The van der Waals surface area contributed by atoms with Gasteiger partial charge in [0.05, 0.1) is 4.47 Å². The fourth-order valence-corrected chi connectivity index (χ4v) is 2.50. The van der Waals surface area contributed by atoms with Crippen molar-refractivity contribution in [1.82, 2.24) is 0 Å². The van der Waals surface area contributed by atoms with Crippen LogP contribution < -0.4 is 0 Å². The minimum absolute atomic E-state index is 0.245. The van der Waals surface area contributed by atoms with E-state index < -0.39 is 0 Å². The molecule has 0 aliphatic rings. The summed E-state index contributed by atoms with van der Waals surface area (Å²) in [6.07, 6.45) is 0. The van der Waals surface area contributed by atoms with Gasteiger partial charge in [0.1, 0.15) is 5.82 Å². The normalized spacial score (nSPS) is 10.5. The number of hydrogen-bond acceptors (Lipinski definition) is 0. The molecule has 0 unspecified atom stereocenters. The lowest BCUT2D eigenvalue weighted by Gasteiger charge is -2.08. The molecule has 0 spiro atoms. The van der Waals surface area contributed by atoms with Gasteiger partial charge in [-0.05, 0) is 46.1 Å². The zero-order valence-electron chi connectivity index (χ0n) is 8.60. The molecule has 0 saturated carbocycles. The van der Waals surface area contributed by atoms with Gasteiger partial charge in [-0.2, -0.15) is 0 Å². The molecule has 2 aromatic rings. The highest BCUT2D eigenvalue weighted by Gasteiger charge is 2.10. The van der Waals surface area contributed by atoms with Crippen molar-refractivity contribution < 1.29 is 4.39 Å². The molecule has 3 heteroatoms. The lowest BCUT2D eigenvalue weighted by atomic mass is 10.0. The van der Waals surface area contributed by atoms with Gasteiger partial charge in [-0.3, -0.25) is 0 Å². The van der Waals surface area contributed by atoms with E-state index in [1.54, 1.807) is 6.07 Å². The molecule has 2 rings (SSSR count). The molecule has 0 atom stereocenters. The van der Waals surface area contributed by atoms with Gasteiger partial charge < -0.3 is 0 Å². The third-order valence-electron chi connectivity index (χ3n) is 2.36. The lowest BCUT2D eigenvalue weighted by Crippen LogP contribution is -1.86. The van der Waals surface area contributed by atoms with Crippen molar-refractivity contribution in [3.63, 3.8) is 0 Å². The Hall–Kier alpha value is -0.670. The summed E-state index contributed by atoms with van der Waals surface area (Å²) in [7, 11) is 0. The molecule has 82 valence electrons. The summed E-state index contributed by atoms with van der Waals surface area (Å²) >= 11 is 6.76. The Balaban J connectivity index is 2.67. The van der Waals surface area contributed by atoms with Crippen LogP contribution >= 0.6 is 31.9 Å². The number of halogens is 3. The van der Waals surface area contributed by atoms with E-state index in [0.29, 0.717) is 4.47 Å². The summed E-state index contributed by atoms with van der Waals surface area (Å²) in [5, 5.41) is 0. The van der Waals surface area contributed by atoms with Crippen LogP contribution in [0.15, 0.2) is 45.3 Å². The summed E-state index contributed by atoms with van der Waals surface area (Å²) in [4.78, 5) is 0. The first-order valence-corrected chi connectivity index (χ1v) is 6.38. The topological polar surface area (TPSA) is 0 Å². The Bertz CT molecular complexity index is 535. The molecule has 0 heterocycles. The number of benzene rings is 2. The molecule has 0 aromatic heterocycles. The zero-order chi connectivity index (χ0) is 11.7. The first-order chi connectivity index (χ1) is 7.59. The second-order valence-electron chi connectivity index (χ2n) is 3.58.